The van der Waals surface area contributed by atoms with Crippen LogP contribution in [0.5, 0.6) is 5.88 Å². The van der Waals surface area contributed by atoms with Crippen LogP contribution >= 0.6 is 0 Å². The lowest BCUT2D eigenvalue weighted by Crippen LogP contribution is -2.18. The van der Waals surface area contributed by atoms with Crippen LogP contribution in [0.3, 0.4) is 0 Å². The first kappa shape index (κ1) is 16.3. The highest BCUT2D eigenvalue weighted by Gasteiger charge is 2.30. The van der Waals surface area contributed by atoms with Crippen molar-refractivity contribution in [2.45, 2.75) is 0 Å². The summed E-state index contributed by atoms with van der Waals surface area (Å²) in [6.07, 6.45) is 0. The molecule has 0 amide bonds. The van der Waals surface area contributed by atoms with Gasteiger partial charge in [0, 0.05) is 5.56 Å². The van der Waals surface area contributed by atoms with Gasteiger partial charge in [0.2, 0.25) is 5.88 Å². The Morgan fingerprint density at radius 3 is 2.04 bits per heavy atom. The molecule has 0 fully saturated rings. The van der Waals surface area contributed by atoms with Gasteiger partial charge < -0.3 is 19.9 Å². The fourth-order valence-electron chi connectivity index (χ4n) is 2.15. The minimum Gasteiger partial charge on any atom is -0.480 e. The Labute approximate surface area is 133 Å². The molecule has 0 radical (unpaired) electrons. The largest absolute Gasteiger partial charge is 0.480 e. The number of ether oxygens (including phenoxy) is 3. The number of rotatable bonds is 4. The van der Waals surface area contributed by atoms with E-state index in [-0.39, 0.29) is 22.7 Å². The Bertz CT molecular complexity index is 744. The fraction of sp³-hybridized carbons (Fsp3) is 0.188. The zero-order valence-electron chi connectivity index (χ0n) is 13.0. The average Bonchev–Trinajstić information content (AvgIpc) is 2.60. The number of carbonyl (C=O) groups is 2. The van der Waals surface area contributed by atoms with Crippen LogP contribution < -0.4 is 10.5 Å². The van der Waals surface area contributed by atoms with Crippen LogP contribution in [0.15, 0.2) is 30.3 Å². The van der Waals surface area contributed by atoms with E-state index in [2.05, 4.69) is 4.98 Å². The summed E-state index contributed by atoms with van der Waals surface area (Å²) in [6.45, 7) is 0. The Kier molecular flexibility index (Phi) is 4.80. The molecule has 0 unspecified atom stereocenters. The molecule has 0 saturated heterocycles. The number of hydrogen-bond donors (Lipinski definition) is 1. The Hall–Kier alpha value is -3.09. The van der Waals surface area contributed by atoms with E-state index < -0.39 is 11.9 Å². The summed E-state index contributed by atoms with van der Waals surface area (Å²) in [4.78, 5) is 28.4. The normalized spacial score (nSPS) is 10.0. The third kappa shape index (κ3) is 2.94. The van der Waals surface area contributed by atoms with E-state index in [1.54, 1.807) is 24.3 Å². The highest BCUT2D eigenvalue weighted by atomic mass is 16.5. The van der Waals surface area contributed by atoms with Crippen LogP contribution in [0.1, 0.15) is 20.7 Å². The minimum atomic E-state index is -0.791. The number of methoxy groups -OCH3 is 3. The summed E-state index contributed by atoms with van der Waals surface area (Å²) >= 11 is 0. The van der Waals surface area contributed by atoms with Gasteiger partial charge in [-0.25, -0.2) is 14.6 Å². The SMILES string of the molecule is COC(=O)c1c(OC)nc(-c2ccccc2)c(N)c1C(=O)OC. The van der Waals surface area contributed by atoms with Crippen LogP contribution in [-0.4, -0.2) is 38.3 Å². The number of pyridine rings is 1. The number of carbonyl (C=O) groups excluding carboxylic acids is 2. The molecule has 0 aliphatic heterocycles. The standard InChI is InChI=1S/C16H16N2O5/c1-21-14-11(16(20)23-3)10(15(19)22-2)12(17)13(18-14)9-7-5-4-6-8-9/h4-8H,17H2,1-3H3. The lowest BCUT2D eigenvalue weighted by molar-refractivity contribution is 0.0552. The molecule has 2 N–H and O–H groups in total. The number of esters is 2. The molecular formula is C16H16N2O5. The smallest absolute Gasteiger partial charge is 0.344 e. The van der Waals surface area contributed by atoms with Crippen molar-refractivity contribution >= 4 is 17.6 Å². The van der Waals surface area contributed by atoms with Gasteiger partial charge in [-0.05, 0) is 0 Å². The second-order valence-corrected chi connectivity index (χ2v) is 4.48. The van der Waals surface area contributed by atoms with Crippen molar-refractivity contribution in [2.24, 2.45) is 0 Å². The minimum absolute atomic E-state index is 0.0178. The Balaban J connectivity index is 2.83. The van der Waals surface area contributed by atoms with Gasteiger partial charge in [0.15, 0.2) is 0 Å². The van der Waals surface area contributed by atoms with Crippen molar-refractivity contribution in [3.63, 3.8) is 0 Å². The molecule has 0 aliphatic carbocycles. The summed E-state index contributed by atoms with van der Waals surface area (Å²) in [7, 11) is 3.71. The molecule has 1 aromatic carbocycles. The van der Waals surface area contributed by atoms with Crippen molar-refractivity contribution in [3.05, 3.63) is 41.5 Å². The number of aromatic nitrogens is 1. The third-order valence-corrected chi connectivity index (χ3v) is 3.22. The van der Waals surface area contributed by atoms with Gasteiger partial charge in [-0.3, -0.25) is 0 Å². The van der Waals surface area contributed by atoms with Gasteiger partial charge in [-0.2, -0.15) is 0 Å². The first-order chi connectivity index (χ1) is 11.0. The maximum atomic E-state index is 12.1. The number of nitrogens with two attached hydrogens (primary N) is 1. The molecule has 23 heavy (non-hydrogen) atoms. The monoisotopic (exact) mass is 316 g/mol. The van der Waals surface area contributed by atoms with Crippen LogP contribution in [0, 0.1) is 0 Å². The van der Waals surface area contributed by atoms with Gasteiger partial charge in [0.05, 0.1) is 32.7 Å². The van der Waals surface area contributed by atoms with Gasteiger partial charge in [-0.1, -0.05) is 30.3 Å². The predicted molar refractivity (Wildman–Crippen MR) is 83.3 cm³/mol. The second kappa shape index (κ2) is 6.78. The summed E-state index contributed by atoms with van der Waals surface area (Å²) in [5.41, 5.74) is 6.78. The molecule has 0 spiro atoms. The van der Waals surface area contributed by atoms with Crippen LogP contribution in [-0.2, 0) is 9.47 Å². The highest BCUT2D eigenvalue weighted by molar-refractivity contribution is 6.10. The van der Waals surface area contributed by atoms with Gasteiger partial charge >= 0.3 is 11.9 Å². The lowest BCUT2D eigenvalue weighted by atomic mass is 10.0. The Morgan fingerprint density at radius 2 is 1.52 bits per heavy atom. The van der Waals surface area contributed by atoms with E-state index in [1.165, 1.54) is 21.3 Å². The highest BCUT2D eigenvalue weighted by Crippen LogP contribution is 2.34. The topological polar surface area (TPSA) is 101 Å². The Morgan fingerprint density at radius 1 is 0.957 bits per heavy atom. The first-order valence-electron chi connectivity index (χ1n) is 6.64. The maximum Gasteiger partial charge on any atom is 0.344 e. The summed E-state index contributed by atoms with van der Waals surface area (Å²) < 4.78 is 14.6. The van der Waals surface area contributed by atoms with E-state index in [9.17, 15) is 9.59 Å². The van der Waals surface area contributed by atoms with Crippen molar-refractivity contribution < 1.29 is 23.8 Å². The average molecular weight is 316 g/mol. The summed E-state index contributed by atoms with van der Waals surface area (Å²) in [5.74, 6) is -1.63. The number of benzene rings is 1. The number of nitrogens with zero attached hydrogens (tertiary/aromatic N) is 1. The zero-order valence-corrected chi connectivity index (χ0v) is 13.0. The third-order valence-electron chi connectivity index (χ3n) is 3.22. The number of anilines is 1. The lowest BCUT2D eigenvalue weighted by Gasteiger charge is -2.16. The molecule has 0 aliphatic rings. The number of nitrogen functional groups attached to an aromatic ring is 1. The summed E-state index contributed by atoms with van der Waals surface area (Å²) in [5, 5.41) is 0. The van der Waals surface area contributed by atoms with E-state index in [0.717, 1.165) is 0 Å². The fourth-order valence-corrected chi connectivity index (χ4v) is 2.15. The van der Waals surface area contributed by atoms with E-state index in [4.69, 9.17) is 19.9 Å². The zero-order chi connectivity index (χ0) is 17.0. The molecule has 0 saturated carbocycles. The number of hydrogen-bond acceptors (Lipinski definition) is 7. The second-order valence-electron chi connectivity index (χ2n) is 4.48. The molecule has 1 heterocycles. The molecule has 120 valence electrons. The van der Waals surface area contributed by atoms with Crippen LogP contribution in [0.4, 0.5) is 5.69 Å². The van der Waals surface area contributed by atoms with E-state index in [0.29, 0.717) is 11.3 Å². The molecule has 7 heteroatoms. The van der Waals surface area contributed by atoms with E-state index in [1.807, 2.05) is 6.07 Å². The maximum absolute atomic E-state index is 12.1. The molecule has 7 nitrogen and oxygen atoms in total. The van der Waals surface area contributed by atoms with Crippen LogP contribution in [0.2, 0.25) is 0 Å². The summed E-state index contributed by atoms with van der Waals surface area (Å²) in [6, 6.07) is 8.99. The van der Waals surface area contributed by atoms with Gasteiger partial charge in [0.1, 0.15) is 11.1 Å². The van der Waals surface area contributed by atoms with Crippen molar-refractivity contribution in [1.29, 1.82) is 0 Å². The van der Waals surface area contributed by atoms with Crippen molar-refractivity contribution in [2.75, 3.05) is 27.1 Å². The van der Waals surface area contributed by atoms with E-state index >= 15 is 0 Å². The van der Waals surface area contributed by atoms with Gasteiger partial charge in [-0.15, -0.1) is 0 Å². The first-order valence-corrected chi connectivity index (χ1v) is 6.64. The predicted octanol–water partition coefficient (Wildman–Crippen LogP) is 1.91. The molecule has 0 bridgehead atoms. The quantitative estimate of drug-likeness (QED) is 0.860. The molecule has 1 aromatic heterocycles. The molecule has 0 atom stereocenters. The molecular weight excluding hydrogens is 300 g/mol. The van der Waals surface area contributed by atoms with Crippen LogP contribution in [0.25, 0.3) is 11.3 Å². The molecule has 2 rings (SSSR count). The van der Waals surface area contributed by atoms with Gasteiger partial charge in [0.25, 0.3) is 0 Å². The van der Waals surface area contributed by atoms with Crippen molar-refractivity contribution in [3.8, 4) is 17.1 Å². The molecule has 2 aromatic rings. The van der Waals surface area contributed by atoms with Crippen molar-refractivity contribution in [1.82, 2.24) is 4.98 Å².